The minimum Gasteiger partial charge on any atom is -0.364 e. The summed E-state index contributed by atoms with van der Waals surface area (Å²) in [6.07, 6.45) is 0.776. The number of aromatic nitrogens is 1. The van der Waals surface area contributed by atoms with Gasteiger partial charge in [-0.05, 0) is 40.0 Å². The highest BCUT2D eigenvalue weighted by atomic mass is 19.1. The van der Waals surface area contributed by atoms with Crippen molar-refractivity contribution in [3.8, 4) is 0 Å². The summed E-state index contributed by atoms with van der Waals surface area (Å²) >= 11 is 0. The Kier molecular flexibility index (Phi) is 9.18. The third-order valence-electron chi connectivity index (χ3n) is 7.75. The van der Waals surface area contributed by atoms with Crippen molar-refractivity contribution < 1.29 is 18.4 Å². The summed E-state index contributed by atoms with van der Waals surface area (Å²) in [7, 11) is 3.66. The molecule has 4 heterocycles. The molecule has 1 aromatic rings. The lowest BCUT2D eigenvalue weighted by Gasteiger charge is -2.40. The Labute approximate surface area is 220 Å². The predicted octanol–water partition coefficient (Wildman–Crippen LogP) is 0.0162. The van der Waals surface area contributed by atoms with Crippen molar-refractivity contribution in [2.75, 3.05) is 76.7 Å². The average Bonchev–Trinajstić information content (AvgIpc) is 2.90. The molecule has 0 aliphatic carbocycles. The quantitative estimate of drug-likeness (QED) is 0.411. The molecule has 2 amide bonds. The summed E-state index contributed by atoms with van der Waals surface area (Å²) in [5.74, 6) is -2.30. The molecule has 0 bridgehead atoms. The number of nitrogens with zero attached hydrogens (tertiary/aromatic N) is 6. The van der Waals surface area contributed by atoms with Gasteiger partial charge in [-0.15, -0.1) is 4.91 Å². The van der Waals surface area contributed by atoms with Gasteiger partial charge >= 0.3 is 0 Å². The van der Waals surface area contributed by atoms with Crippen LogP contribution in [0.1, 0.15) is 12.8 Å². The largest absolute Gasteiger partial charge is 0.364 e. The second-order valence-electron chi connectivity index (χ2n) is 10.4. The zero-order chi connectivity index (χ0) is 27.4. The van der Waals surface area contributed by atoms with E-state index < -0.39 is 36.1 Å². The van der Waals surface area contributed by atoms with Crippen LogP contribution < -0.4 is 21.3 Å². The summed E-state index contributed by atoms with van der Waals surface area (Å²) in [4.78, 5) is 48.9. The first-order valence-corrected chi connectivity index (χ1v) is 13.0. The molecule has 4 rings (SSSR count). The Morgan fingerprint density at radius 1 is 1.16 bits per heavy atom. The van der Waals surface area contributed by atoms with E-state index in [0.717, 1.165) is 32.1 Å². The van der Waals surface area contributed by atoms with Crippen LogP contribution >= 0.6 is 0 Å². The van der Waals surface area contributed by atoms with E-state index >= 15 is 4.39 Å². The molecule has 0 aromatic carbocycles. The molecule has 3 fully saturated rings. The normalized spacial score (nSPS) is 25.6. The van der Waals surface area contributed by atoms with Gasteiger partial charge in [-0.1, -0.05) is 5.18 Å². The highest BCUT2D eigenvalue weighted by Gasteiger charge is 2.40. The van der Waals surface area contributed by atoms with Crippen molar-refractivity contribution in [1.82, 2.24) is 25.0 Å². The molecule has 0 spiro atoms. The van der Waals surface area contributed by atoms with E-state index in [1.54, 1.807) is 16.8 Å². The topological polar surface area (TPSA) is 140 Å². The van der Waals surface area contributed by atoms with Gasteiger partial charge in [0.2, 0.25) is 11.8 Å². The zero-order valence-electron chi connectivity index (χ0n) is 21.9. The summed E-state index contributed by atoms with van der Waals surface area (Å²) < 4.78 is 28.9. The van der Waals surface area contributed by atoms with E-state index in [2.05, 4.69) is 25.7 Å². The van der Waals surface area contributed by atoms with E-state index in [-0.39, 0.29) is 36.3 Å². The van der Waals surface area contributed by atoms with E-state index in [0.29, 0.717) is 26.2 Å². The highest BCUT2D eigenvalue weighted by Crippen LogP contribution is 2.31. The van der Waals surface area contributed by atoms with Crippen LogP contribution in [-0.2, 0) is 9.59 Å². The number of carbonyl (C=O) groups is 2. The van der Waals surface area contributed by atoms with Crippen LogP contribution in [-0.4, -0.2) is 116 Å². The fraction of sp³-hybridized carbons (Fsp3) is 0.708. The second-order valence-corrected chi connectivity index (χ2v) is 10.4. The molecule has 3 saturated heterocycles. The zero-order valence-corrected chi connectivity index (χ0v) is 21.9. The lowest BCUT2D eigenvalue weighted by molar-refractivity contribution is -0.137. The molecule has 14 heteroatoms. The molecule has 0 radical (unpaired) electrons. The van der Waals surface area contributed by atoms with Gasteiger partial charge in [-0.3, -0.25) is 24.8 Å². The van der Waals surface area contributed by atoms with Crippen molar-refractivity contribution >= 4 is 23.2 Å². The Balaban J connectivity index is 1.45. The molecule has 4 N–H and O–H groups in total. The average molecular weight is 538 g/mol. The van der Waals surface area contributed by atoms with Gasteiger partial charge in [0, 0.05) is 45.2 Å². The Hall–Kier alpha value is -2.81. The molecule has 3 aliphatic heterocycles. The number of likely N-dealkylation sites (tertiary alicyclic amines) is 1. The number of anilines is 2. The molecule has 4 atom stereocenters. The first-order chi connectivity index (χ1) is 18.2. The Morgan fingerprint density at radius 3 is 2.47 bits per heavy atom. The van der Waals surface area contributed by atoms with Gasteiger partial charge in [-0.2, -0.15) is 0 Å². The SMILES string of the molecule is CN1CCC(C(=O)N2CCN(c3c(F)cncc3NC(=O)C(C(N)N=O)C3NCC(F)CN3C)CC2)CC1. The van der Waals surface area contributed by atoms with Crippen LogP contribution in [0.15, 0.2) is 17.6 Å². The smallest absolute Gasteiger partial charge is 0.234 e. The molecular formula is C24H37F2N9O3. The van der Waals surface area contributed by atoms with Gasteiger partial charge in [0.05, 0.1) is 24.2 Å². The molecule has 210 valence electrons. The maximum absolute atomic E-state index is 15.1. The number of halogens is 2. The monoisotopic (exact) mass is 537 g/mol. The predicted molar refractivity (Wildman–Crippen MR) is 138 cm³/mol. The first kappa shape index (κ1) is 28.2. The first-order valence-electron chi connectivity index (χ1n) is 13.0. The highest BCUT2D eigenvalue weighted by molar-refractivity contribution is 5.96. The number of alkyl halides is 1. The second kappa shape index (κ2) is 12.4. The van der Waals surface area contributed by atoms with E-state index in [1.807, 2.05) is 11.9 Å². The number of amides is 2. The molecule has 38 heavy (non-hydrogen) atoms. The van der Waals surface area contributed by atoms with Crippen LogP contribution in [0.3, 0.4) is 0 Å². The van der Waals surface area contributed by atoms with Gasteiger partial charge in [0.25, 0.3) is 0 Å². The van der Waals surface area contributed by atoms with Gasteiger partial charge < -0.3 is 25.8 Å². The van der Waals surface area contributed by atoms with E-state index in [4.69, 9.17) is 5.73 Å². The van der Waals surface area contributed by atoms with Crippen LogP contribution in [0.2, 0.25) is 0 Å². The molecule has 12 nitrogen and oxygen atoms in total. The van der Waals surface area contributed by atoms with E-state index in [1.165, 1.54) is 6.20 Å². The fourth-order valence-corrected chi connectivity index (χ4v) is 5.57. The van der Waals surface area contributed by atoms with Crippen LogP contribution in [0, 0.1) is 22.6 Å². The number of piperazine rings is 1. The standard InChI is InChI=1S/C24H37F2N9O3/c1-32-5-3-15(4-6-32)24(37)35-9-7-34(8-10-35)20-17(26)12-28-13-18(20)30-23(36)19(21(27)31-38)22-29-11-16(25)14-33(22)2/h12-13,15-16,19,21-22,29H,3-11,14,27H2,1-2H3,(H,30,36). The minimum atomic E-state index is -1.41. The number of carbonyl (C=O) groups excluding carboxylic acids is 2. The third kappa shape index (κ3) is 6.25. The molecule has 0 saturated carbocycles. The van der Waals surface area contributed by atoms with E-state index in [9.17, 15) is 18.9 Å². The molecule has 3 aliphatic rings. The van der Waals surface area contributed by atoms with Crippen LogP contribution in [0.5, 0.6) is 0 Å². The Morgan fingerprint density at radius 2 is 1.84 bits per heavy atom. The lowest BCUT2D eigenvalue weighted by Crippen LogP contribution is -2.62. The summed E-state index contributed by atoms with van der Waals surface area (Å²) in [5.41, 5.74) is 6.16. The Bertz CT molecular complexity index is 1000. The summed E-state index contributed by atoms with van der Waals surface area (Å²) in [5, 5.41) is 8.42. The number of nitroso groups, excluding NO2 is 1. The number of hydrogen-bond donors (Lipinski definition) is 3. The van der Waals surface area contributed by atoms with Crippen LogP contribution in [0.25, 0.3) is 0 Å². The van der Waals surface area contributed by atoms with Crippen molar-refractivity contribution in [2.24, 2.45) is 22.7 Å². The molecule has 1 aromatic heterocycles. The number of pyridine rings is 1. The van der Waals surface area contributed by atoms with Gasteiger partial charge in [-0.25, -0.2) is 8.78 Å². The number of nitrogens with one attached hydrogen (secondary N) is 2. The third-order valence-corrected chi connectivity index (χ3v) is 7.75. The number of rotatable bonds is 7. The van der Waals surface area contributed by atoms with Crippen LogP contribution in [0.4, 0.5) is 20.2 Å². The number of hydrogen-bond acceptors (Lipinski definition) is 10. The minimum absolute atomic E-state index is 0.00229. The molecular weight excluding hydrogens is 500 g/mol. The molecule has 4 unspecified atom stereocenters. The summed E-state index contributed by atoms with van der Waals surface area (Å²) in [6.45, 7) is 3.47. The fourth-order valence-electron chi connectivity index (χ4n) is 5.57. The number of piperidine rings is 1. The van der Waals surface area contributed by atoms with Crippen molar-refractivity contribution in [3.63, 3.8) is 0 Å². The van der Waals surface area contributed by atoms with Gasteiger partial charge in [0.15, 0.2) is 12.0 Å². The lowest BCUT2D eigenvalue weighted by atomic mass is 9.95. The van der Waals surface area contributed by atoms with Gasteiger partial charge in [0.1, 0.15) is 17.8 Å². The maximum atomic E-state index is 15.1. The van der Waals surface area contributed by atoms with Crippen molar-refractivity contribution in [3.05, 3.63) is 23.1 Å². The number of nitrogens with two attached hydrogens (primary N) is 1. The van der Waals surface area contributed by atoms with Crippen molar-refractivity contribution in [1.29, 1.82) is 0 Å². The van der Waals surface area contributed by atoms with Crippen molar-refractivity contribution in [2.45, 2.75) is 31.3 Å². The maximum Gasteiger partial charge on any atom is 0.234 e. The summed E-state index contributed by atoms with van der Waals surface area (Å²) in [6, 6.07) is 0.